The van der Waals surface area contributed by atoms with Crippen LogP contribution >= 0.6 is 11.8 Å². The topological polar surface area (TPSA) is 72.8 Å². The number of thioether (sulfide) groups is 1. The van der Waals surface area contributed by atoms with Gasteiger partial charge in [-0.05, 0) is 44.3 Å². The van der Waals surface area contributed by atoms with Crippen LogP contribution in [0.1, 0.15) is 47.5 Å². The van der Waals surface area contributed by atoms with Gasteiger partial charge in [0.1, 0.15) is 5.60 Å². The fraction of sp³-hybridized carbons (Fsp3) is 0.750. The summed E-state index contributed by atoms with van der Waals surface area (Å²) in [7, 11) is 0. The first-order valence-corrected chi connectivity index (χ1v) is 8.51. The predicted molar refractivity (Wildman–Crippen MR) is 88.9 cm³/mol. The number of aliphatic carboxylic acids is 1. The van der Waals surface area contributed by atoms with Crippen LogP contribution in [0.3, 0.4) is 0 Å². The van der Waals surface area contributed by atoms with E-state index >= 15 is 0 Å². The van der Waals surface area contributed by atoms with E-state index in [9.17, 15) is 9.59 Å². The molecule has 0 aromatic rings. The second-order valence-electron chi connectivity index (χ2n) is 6.21. The normalized spacial score (nSPS) is 13.4. The van der Waals surface area contributed by atoms with Gasteiger partial charge in [-0.15, -0.1) is 0 Å². The van der Waals surface area contributed by atoms with Gasteiger partial charge in [-0.3, -0.25) is 9.59 Å². The standard InChI is InChI=1S/C16H28O5S/c1-12(2)22-10-6-8-20-9-7-13(11-14(17)18)15(19)21-16(3,4)5/h7,9,12-13H,6,8,10-11H2,1-5H3,(H,17,18). The van der Waals surface area contributed by atoms with Crippen LogP contribution < -0.4 is 0 Å². The Kier molecular flexibility index (Phi) is 9.98. The van der Waals surface area contributed by atoms with E-state index in [-0.39, 0.29) is 6.42 Å². The molecule has 0 saturated carbocycles. The fourth-order valence-electron chi connectivity index (χ4n) is 1.48. The Labute approximate surface area is 137 Å². The summed E-state index contributed by atoms with van der Waals surface area (Å²) in [6.45, 7) is 10.1. The summed E-state index contributed by atoms with van der Waals surface area (Å²) >= 11 is 1.86. The lowest BCUT2D eigenvalue weighted by Gasteiger charge is -2.22. The third-order valence-electron chi connectivity index (χ3n) is 2.37. The summed E-state index contributed by atoms with van der Waals surface area (Å²) in [5.74, 6) is -1.42. The van der Waals surface area contributed by atoms with Crippen molar-refractivity contribution in [3.05, 3.63) is 12.3 Å². The van der Waals surface area contributed by atoms with Gasteiger partial charge in [0.15, 0.2) is 0 Å². The maximum atomic E-state index is 11.9. The Hall–Kier alpha value is -1.17. The molecule has 0 aliphatic rings. The van der Waals surface area contributed by atoms with Crippen LogP contribution in [0.2, 0.25) is 0 Å². The van der Waals surface area contributed by atoms with Gasteiger partial charge in [0, 0.05) is 0 Å². The quantitative estimate of drug-likeness (QED) is 0.375. The lowest BCUT2D eigenvalue weighted by Crippen LogP contribution is -2.29. The summed E-state index contributed by atoms with van der Waals surface area (Å²) in [6.07, 6.45) is 3.45. The van der Waals surface area contributed by atoms with Crippen molar-refractivity contribution in [3.63, 3.8) is 0 Å². The van der Waals surface area contributed by atoms with E-state index < -0.39 is 23.5 Å². The third-order valence-corrected chi connectivity index (χ3v) is 3.56. The van der Waals surface area contributed by atoms with Gasteiger partial charge < -0.3 is 14.6 Å². The van der Waals surface area contributed by atoms with E-state index in [4.69, 9.17) is 14.6 Å². The Morgan fingerprint density at radius 1 is 1.27 bits per heavy atom. The maximum absolute atomic E-state index is 11.9. The molecule has 0 fully saturated rings. The number of carboxylic acids is 1. The smallest absolute Gasteiger partial charge is 0.314 e. The molecule has 5 nitrogen and oxygen atoms in total. The first-order valence-electron chi connectivity index (χ1n) is 7.46. The molecule has 0 amide bonds. The monoisotopic (exact) mass is 332 g/mol. The van der Waals surface area contributed by atoms with Gasteiger partial charge in [-0.2, -0.15) is 11.8 Å². The molecule has 128 valence electrons. The van der Waals surface area contributed by atoms with E-state index in [0.717, 1.165) is 12.2 Å². The van der Waals surface area contributed by atoms with Crippen molar-refractivity contribution in [3.8, 4) is 0 Å². The van der Waals surface area contributed by atoms with E-state index in [1.165, 1.54) is 12.3 Å². The maximum Gasteiger partial charge on any atom is 0.314 e. The van der Waals surface area contributed by atoms with Crippen molar-refractivity contribution in [2.75, 3.05) is 12.4 Å². The predicted octanol–water partition coefficient (Wildman–Crippen LogP) is 3.48. The molecule has 1 N–H and O–H groups in total. The van der Waals surface area contributed by atoms with Crippen molar-refractivity contribution >= 4 is 23.7 Å². The number of carbonyl (C=O) groups is 2. The van der Waals surface area contributed by atoms with Crippen molar-refractivity contribution in [2.24, 2.45) is 5.92 Å². The van der Waals surface area contributed by atoms with Gasteiger partial charge in [-0.25, -0.2) is 0 Å². The van der Waals surface area contributed by atoms with Crippen LogP contribution in [-0.4, -0.2) is 40.3 Å². The number of carbonyl (C=O) groups excluding carboxylic acids is 1. The average molecular weight is 332 g/mol. The van der Waals surface area contributed by atoms with Gasteiger partial charge in [0.05, 0.1) is 25.2 Å². The third kappa shape index (κ3) is 12.6. The van der Waals surface area contributed by atoms with Crippen LogP contribution in [-0.2, 0) is 19.1 Å². The highest BCUT2D eigenvalue weighted by Crippen LogP contribution is 2.15. The number of hydrogen-bond acceptors (Lipinski definition) is 5. The molecule has 0 aromatic carbocycles. The summed E-state index contributed by atoms with van der Waals surface area (Å²) in [6, 6.07) is 0. The van der Waals surface area contributed by atoms with Crippen LogP contribution in [0, 0.1) is 5.92 Å². The molecule has 0 aromatic heterocycles. The minimum atomic E-state index is -1.05. The second kappa shape index (κ2) is 10.5. The Balaban J connectivity index is 4.26. The number of hydrogen-bond donors (Lipinski definition) is 1. The van der Waals surface area contributed by atoms with Gasteiger partial charge >= 0.3 is 11.9 Å². The van der Waals surface area contributed by atoms with Gasteiger partial charge in [0.25, 0.3) is 0 Å². The minimum Gasteiger partial charge on any atom is -0.501 e. The van der Waals surface area contributed by atoms with Crippen LogP contribution in [0.25, 0.3) is 0 Å². The Morgan fingerprint density at radius 2 is 1.91 bits per heavy atom. The molecule has 0 spiro atoms. The summed E-state index contributed by atoms with van der Waals surface area (Å²) in [5.41, 5.74) is -0.642. The van der Waals surface area contributed by atoms with E-state index in [0.29, 0.717) is 11.9 Å². The molecule has 0 aliphatic heterocycles. The number of esters is 1. The van der Waals surface area contributed by atoms with E-state index in [1.807, 2.05) is 11.8 Å². The van der Waals surface area contributed by atoms with Gasteiger partial charge in [-0.1, -0.05) is 13.8 Å². The molecule has 22 heavy (non-hydrogen) atoms. The fourth-order valence-corrected chi connectivity index (χ4v) is 2.23. The molecule has 0 radical (unpaired) electrons. The van der Waals surface area contributed by atoms with Crippen LogP contribution in [0.4, 0.5) is 0 Å². The molecule has 1 atom stereocenters. The zero-order chi connectivity index (χ0) is 17.2. The van der Waals surface area contributed by atoms with Crippen LogP contribution in [0.5, 0.6) is 0 Å². The van der Waals surface area contributed by atoms with Crippen molar-refractivity contribution in [1.82, 2.24) is 0 Å². The molecule has 0 heterocycles. The zero-order valence-electron chi connectivity index (χ0n) is 14.1. The molecular formula is C16H28O5S. The molecule has 0 rings (SSSR count). The average Bonchev–Trinajstić information content (AvgIpc) is 2.33. The molecule has 0 bridgehead atoms. The molecule has 1 unspecified atom stereocenters. The number of rotatable bonds is 10. The molecule has 0 saturated heterocycles. The number of carboxylic acid groups (broad SMARTS) is 1. The van der Waals surface area contributed by atoms with Crippen molar-refractivity contribution in [1.29, 1.82) is 0 Å². The first kappa shape index (κ1) is 20.8. The molecular weight excluding hydrogens is 304 g/mol. The zero-order valence-corrected chi connectivity index (χ0v) is 14.9. The van der Waals surface area contributed by atoms with E-state index in [1.54, 1.807) is 20.8 Å². The SMILES string of the molecule is CC(C)SCCCOC=CC(CC(=O)O)C(=O)OC(C)(C)C. The minimum absolute atomic E-state index is 0.308. The lowest BCUT2D eigenvalue weighted by molar-refractivity contribution is -0.160. The summed E-state index contributed by atoms with van der Waals surface area (Å²) < 4.78 is 10.5. The highest BCUT2D eigenvalue weighted by molar-refractivity contribution is 7.99. The van der Waals surface area contributed by atoms with Crippen molar-refractivity contribution < 1.29 is 24.2 Å². The number of ether oxygens (including phenoxy) is 2. The highest BCUT2D eigenvalue weighted by atomic mass is 32.2. The largest absolute Gasteiger partial charge is 0.501 e. The van der Waals surface area contributed by atoms with Crippen molar-refractivity contribution in [2.45, 2.75) is 58.3 Å². The van der Waals surface area contributed by atoms with Gasteiger partial charge in [0.2, 0.25) is 0 Å². The Bertz CT molecular complexity index is 371. The first-order chi connectivity index (χ1) is 10.1. The summed E-state index contributed by atoms with van der Waals surface area (Å²) in [5, 5.41) is 9.47. The van der Waals surface area contributed by atoms with E-state index in [2.05, 4.69) is 13.8 Å². The molecule has 0 aliphatic carbocycles. The molecule has 6 heteroatoms. The Morgan fingerprint density at radius 3 is 2.41 bits per heavy atom. The highest BCUT2D eigenvalue weighted by Gasteiger charge is 2.25. The second-order valence-corrected chi connectivity index (χ2v) is 7.89. The summed E-state index contributed by atoms with van der Waals surface area (Å²) in [4.78, 5) is 22.8. The lowest BCUT2D eigenvalue weighted by atomic mass is 10.1. The van der Waals surface area contributed by atoms with Crippen LogP contribution in [0.15, 0.2) is 12.3 Å².